The summed E-state index contributed by atoms with van der Waals surface area (Å²) in [5.74, 6) is -0.670. The van der Waals surface area contributed by atoms with E-state index >= 15 is 0 Å². The number of ether oxygens (including phenoxy) is 1. The van der Waals surface area contributed by atoms with Crippen molar-refractivity contribution in [2.24, 2.45) is 10.9 Å². The molecule has 104 valence electrons. The molecule has 0 spiro atoms. The van der Waals surface area contributed by atoms with Gasteiger partial charge in [0.1, 0.15) is 6.10 Å². The van der Waals surface area contributed by atoms with E-state index in [1.54, 1.807) is 0 Å². The fourth-order valence-electron chi connectivity index (χ4n) is 1.50. The van der Waals surface area contributed by atoms with Crippen LogP contribution in [0.25, 0.3) is 0 Å². The van der Waals surface area contributed by atoms with Gasteiger partial charge in [0, 0.05) is 5.56 Å². The Labute approximate surface area is 109 Å². The number of oxime groups is 1. The van der Waals surface area contributed by atoms with Crippen LogP contribution in [0.5, 0.6) is 0 Å². The Kier molecular flexibility index (Phi) is 5.28. The summed E-state index contributed by atoms with van der Waals surface area (Å²) in [6.07, 6.45) is -2.79. The molecule has 0 aromatic heterocycles. The third kappa shape index (κ3) is 3.94. The van der Waals surface area contributed by atoms with Crippen molar-refractivity contribution in [1.29, 1.82) is 0 Å². The average molecular weight is 268 g/mol. The number of esters is 1. The highest BCUT2D eigenvalue weighted by Crippen LogP contribution is 2.19. The van der Waals surface area contributed by atoms with Crippen LogP contribution in [0.4, 0.5) is 0 Å². The van der Waals surface area contributed by atoms with E-state index in [0.717, 1.165) is 0 Å². The van der Waals surface area contributed by atoms with E-state index in [2.05, 4.69) is 9.89 Å². The van der Waals surface area contributed by atoms with Crippen LogP contribution in [-0.4, -0.2) is 40.4 Å². The predicted molar refractivity (Wildman–Crippen MR) is 66.6 cm³/mol. The zero-order chi connectivity index (χ0) is 14.4. The first kappa shape index (κ1) is 14.9. The standard InChI is InChI=1S/C12H16N2O5/c1-19-10(16)6-9(15)11(17)7-2-4-8(5-3-7)12(13)14-18/h2-5,9,11,15,17-18H,6H2,1H3,(H2,13,14). The Morgan fingerprint density at radius 2 is 1.95 bits per heavy atom. The third-order valence-electron chi connectivity index (χ3n) is 2.62. The van der Waals surface area contributed by atoms with Gasteiger partial charge in [-0.2, -0.15) is 0 Å². The van der Waals surface area contributed by atoms with E-state index in [0.29, 0.717) is 11.1 Å². The number of nitrogens with zero attached hydrogens (tertiary/aromatic N) is 1. The van der Waals surface area contributed by atoms with E-state index in [1.807, 2.05) is 0 Å². The van der Waals surface area contributed by atoms with E-state index in [4.69, 9.17) is 10.9 Å². The monoisotopic (exact) mass is 268 g/mol. The number of aliphatic hydroxyl groups is 2. The number of methoxy groups -OCH3 is 1. The van der Waals surface area contributed by atoms with Gasteiger partial charge in [0.05, 0.1) is 19.6 Å². The maximum atomic E-state index is 11.0. The van der Waals surface area contributed by atoms with Gasteiger partial charge < -0.3 is 25.9 Å². The van der Waals surface area contributed by atoms with Crippen molar-refractivity contribution in [3.05, 3.63) is 35.4 Å². The minimum absolute atomic E-state index is 0.0591. The number of carbonyl (C=O) groups is 1. The molecule has 1 rings (SSSR count). The number of benzene rings is 1. The number of hydrogen-bond acceptors (Lipinski definition) is 6. The van der Waals surface area contributed by atoms with E-state index in [-0.39, 0.29) is 12.3 Å². The molecule has 0 heterocycles. The summed E-state index contributed by atoms with van der Waals surface area (Å²) in [5, 5.41) is 30.9. The molecule has 0 amide bonds. The van der Waals surface area contributed by atoms with Crippen molar-refractivity contribution >= 4 is 11.8 Å². The van der Waals surface area contributed by atoms with Gasteiger partial charge in [0.25, 0.3) is 0 Å². The number of rotatable bonds is 5. The lowest BCUT2D eigenvalue weighted by Crippen LogP contribution is -2.22. The van der Waals surface area contributed by atoms with Gasteiger partial charge >= 0.3 is 5.97 Å². The zero-order valence-electron chi connectivity index (χ0n) is 10.4. The van der Waals surface area contributed by atoms with Crippen molar-refractivity contribution in [3.63, 3.8) is 0 Å². The lowest BCUT2D eigenvalue weighted by molar-refractivity contribution is -0.144. The van der Waals surface area contributed by atoms with Crippen LogP contribution in [0.15, 0.2) is 29.4 Å². The molecule has 2 atom stereocenters. The number of hydrogen-bond donors (Lipinski definition) is 4. The second kappa shape index (κ2) is 6.72. The smallest absolute Gasteiger partial charge is 0.308 e. The molecule has 0 saturated heterocycles. The molecular formula is C12H16N2O5. The van der Waals surface area contributed by atoms with Crippen molar-refractivity contribution in [2.45, 2.75) is 18.6 Å². The maximum absolute atomic E-state index is 11.0. The highest BCUT2D eigenvalue weighted by atomic mass is 16.5. The summed E-state index contributed by atoms with van der Waals surface area (Å²) >= 11 is 0. The second-order valence-corrected chi connectivity index (χ2v) is 3.90. The molecule has 0 saturated carbocycles. The van der Waals surface area contributed by atoms with Gasteiger partial charge in [0.2, 0.25) is 0 Å². The molecule has 1 aromatic carbocycles. The van der Waals surface area contributed by atoms with Gasteiger partial charge in [-0.05, 0) is 5.56 Å². The van der Waals surface area contributed by atoms with Gasteiger partial charge in [-0.1, -0.05) is 29.4 Å². The fourth-order valence-corrected chi connectivity index (χ4v) is 1.50. The minimum Gasteiger partial charge on any atom is -0.469 e. The van der Waals surface area contributed by atoms with Gasteiger partial charge in [-0.15, -0.1) is 0 Å². The number of aliphatic hydroxyl groups excluding tert-OH is 2. The summed E-state index contributed by atoms with van der Waals surface area (Å²) in [6.45, 7) is 0. The molecule has 0 aliphatic rings. The number of nitrogens with two attached hydrogens (primary N) is 1. The molecule has 0 aliphatic heterocycles. The highest BCUT2D eigenvalue weighted by Gasteiger charge is 2.21. The van der Waals surface area contributed by atoms with Crippen molar-refractivity contribution in [1.82, 2.24) is 0 Å². The maximum Gasteiger partial charge on any atom is 0.308 e. The first-order chi connectivity index (χ1) is 8.99. The molecule has 0 radical (unpaired) electrons. The molecule has 19 heavy (non-hydrogen) atoms. The van der Waals surface area contributed by atoms with E-state index < -0.39 is 18.2 Å². The van der Waals surface area contributed by atoms with Gasteiger partial charge in [-0.3, -0.25) is 4.79 Å². The summed E-state index contributed by atoms with van der Waals surface area (Å²) in [5.41, 5.74) is 6.27. The Hall–Kier alpha value is -2.12. The Bertz CT molecular complexity index is 458. The summed E-state index contributed by atoms with van der Waals surface area (Å²) in [4.78, 5) is 11.0. The highest BCUT2D eigenvalue weighted by molar-refractivity contribution is 5.96. The zero-order valence-corrected chi connectivity index (χ0v) is 10.4. The molecule has 7 heteroatoms. The first-order valence-corrected chi connectivity index (χ1v) is 5.50. The van der Waals surface area contributed by atoms with Crippen LogP contribution in [0.1, 0.15) is 23.7 Å². The Balaban J connectivity index is 2.77. The van der Waals surface area contributed by atoms with Crippen molar-refractivity contribution in [2.75, 3.05) is 7.11 Å². The third-order valence-corrected chi connectivity index (χ3v) is 2.62. The van der Waals surface area contributed by atoms with Gasteiger partial charge in [-0.25, -0.2) is 0 Å². The molecule has 7 nitrogen and oxygen atoms in total. The normalized spacial score (nSPS) is 14.8. The summed E-state index contributed by atoms with van der Waals surface area (Å²) in [6, 6.07) is 6.08. The average Bonchev–Trinajstić information content (AvgIpc) is 2.45. The van der Waals surface area contributed by atoms with Crippen LogP contribution in [0.3, 0.4) is 0 Å². The molecule has 0 aliphatic carbocycles. The van der Waals surface area contributed by atoms with Crippen LogP contribution in [-0.2, 0) is 9.53 Å². The van der Waals surface area contributed by atoms with Crippen molar-refractivity contribution in [3.8, 4) is 0 Å². The van der Waals surface area contributed by atoms with Gasteiger partial charge in [0.15, 0.2) is 5.84 Å². The molecule has 5 N–H and O–H groups in total. The number of amidine groups is 1. The summed E-state index contributed by atoms with van der Waals surface area (Å²) < 4.78 is 4.40. The van der Waals surface area contributed by atoms with E-state index in [1.165, 1.54) is 31.4 Å². The SMILES string of the molecule is COC(=O)CC(O)C(O)c1ccc(C(N)=NO)cc1. The predicted octanol–water partition coefficient (Wildman–Crippen LogP) is -0.262. The molecular weight excluding hydrogens is 252 g/mol. The lowest BCUT2D eigenvalue weighted by Gasteiger charge is -2.17. The molecule has 0 fully saturated rings. The van der Waals surface area contributed by atoms with Crippen LogP contribution >= 0.6 is 0 Å². The Morgan fingerprint density at radius 3 is 2.42 bits per heavy atom. The van der Waals surface area contributed by atoms with Crippen molar-refractivity contribution < 1.29 is 25.0 Å². The van der Waals surface area contributed by atoms with Crippen LogP contribution in [0, 0.1) is 0 Å². The Morgan fingerprint density at radius 1 is 1.37 bits per heavy atom. The van der Waals surface area contributed by atoms with E-state index in [9.17, 15) is 15.0 Å². The molecule has 1 aromatic rings. The molecule has 2 unspecified atom stereocenters. The van der Waals surface area contributed by atoms with Crippen LogP contribution < -0.4 is 5.73 Å². The lowest BCUT2D eigenvalue weighted by atomic mass is 10.0. The number of carbonyl (C=O) groups excluding carboxylic acids is 1. The fraction of sp³-hybridized carbons (Fsp3) is 0.333. The topological polar surface area (TPSA) is 125 Å². The van der Waals surface area contributed by atoms with Crippen LogP contribution in [0.2, 0.25) is 0 Å². The molecule has 0 bridgehead atoms. The summed E-state index contributed by atoms with van der Waals surface area (Å²) in [7, 11) is 1.20. The minimum atomic E-state index is -1.26. The first-order valence-electron chi connectivity index (χ1n) is 5.50. The largest absolute Gasteiger partial charge is 0.469 e. The quantitative estimate of drug-likeness (QED) is 0.192. The second-order valence-electron chi connectivity index (χ2n) is 3.90.